The van der Waals surface area contributed by atoms with Gasteiger partial charge in [0.2, 0.25) is 0 Å². The van der Waals surface area contributed by atoms with Gasteiger partial charge in [0.25, 0.3) is 0 Å². The van der Waals surface area contributed by atoms with Gasteiger partial charge in [-0.3, -0.25) is 4.90 Å². The van der Waals surface area contributed by atoms with Gasteiger partial charge in [0.05, 0.1) is 12.8 Å². The molecule has 0 saturated carbocycles. The summed E-state index contributed by atoms with van der Waals surface area (Å²) in [4.78, 5) is 2.47. The first-order valence-corrected chi connectivity index (χ1v) is 9.40. The molecule has 0 aromatic carbocycles. The van der Waals surface area contributed by atoms with Crippen LogP contribution >= 0.6 is 0 Å². The van der Waals surface area contributed by atoms with E-state index in [9.17, 15) is 5.11 Å². The highest BCUT2D eigenvalue weighted by atomic mass is 16.4. The molecule has 1 N–H and O–H groups in total. The summed E-state index contributed by atoms with van der Waals surface area (Å²) in [6, 6.07) is 4.02. The number of hydrogen-bond donors (Lipinski definition) is 1. The quantitative estimate of drug-likeness (QED) is 0.868. The monoisotopic (exact) mass is 346 g/mol. The van der Waals surface area contributed by atoms with Crippen LogP contribution in [-0.2, 0) is 13.6 Å². The average molecular weight is 346 g/mol. The van der Waals surface area contributed by atoms with Gasteiger partial charge in [-0.1, -0.05) is 26.7 Å². The molecule has 0 amide bonds. The van der Waals surface area contributed by atoms with E-state index in [0.29, 0.717) is 24.1 Å². The van der Waals surface area contributed by atoms with Crippen LogP contribution in [0.2, 0.25) is 0 Å². The fraction of sp³-hybridized carbons (Fsp3) is 0.684. The lowest BCUT2D eigenvalue weighted by atomic mass is 10.0. The maximum absolute atomic E-state index is 10.5. The zero-order chi connectivity index (χ0) is 17.8. The minimum Gasteiger partial charge on any atom is -0.467 e. The topological polar surface area (TPSA) is 67.3 Å². The number of nitrogens with zero attached hydrogens (tertiary/aromatic N) is 4. The highest BCUT2D eigenvalue weighted by molar-refractivity contribution is 5.03. The van der Waals surface area contributed by atoms with E-state index in [1.807, 2.05) is 12.1 Å². The molecular formula is C19H30N4O2. The van der Waals surface area contributed by atoms with E-state index in [4.69, 9.17) is 4.42 Å². The lowest BCUT2D eigenvalue weighted by Crippen LogP contribution is -2.36. The Bertz CT molecular complexity index is 650. The zero-order valence-corrected chi connectivity index (χ0v) is 15.6. The number of likely N-dealkylation sites (tertiary alicyclic amines) is 1. The van der Waals surface area contributed by atoms with Crippen LogP contribution in [0.4, 0.5) is 0 Å². The van der Waals surface area contributed by atoms with Crippen LogP contribution in [-0.4, -0.2) is 37.4 Å². The Balaban J connectivity index is 1.72. The van der Waals surface area contributed by atoms with Crippen LogP contribution in [0.3, 0.4) is 0 Å². The number of furan rings is 1. The van der Waals surface area contributed by atoms with E-state index >= 15 is 0 Å². The molecule has 3 heterocycles. The van der Waals surface area contributed by atoms with E-state index in [1.54, 1.807) is 6.26 Å². The van der Waals surface area contributed by atoms with Gasteiger partial charge in [0, 0.05) is 19.0 Å². The fourth-order valence-corrected chi connectivity index (χ4v) is 3.76. The molecule has 6 heteroatoms. The number of rotatable bonds is 6. The molecule has 1 aliphatic rings. The molecule has 0 bridgehead atoms. The minimum absolute atomic E-state index is 0.335. The summed E-state index contributed by atoms with van der Waals surface area (Å²) in [6.07, 6.45) is 6.53. The zero-order valence-electron chi connectivity index (χ0n) is 15.6. The normalized spacial score (nSPS) is 20.8. The Kier molecular flexibility index (Phi) is 5.91. The van der Waals surface area contributed by atoms with Crippen molar-refractivity contribution in [1.82, 2.24) is 19.7 Å². The van der Waals surface area contributed by atoms with Gasteiger partial charge in [0.1, 0.15) is 23.5 Å². The highest BCUT2D eigenvalue weighted by Gasteiger charge is 2.27. The van der Waals surface area contributed by atoms with E-state index in [-0.39, 0.29) is 0 Å². The van der Waals surface area contributed by atoms with Crippen LogP contribution in [0.25, 0.3) is 0 Å². The molecule has 138 valence electrons. The largest absolute Gasteiger partial charge is 0.467 e. The van der Waals surface area contributed by atoms with Gasteiger partial charge in [-0.05, 0) is 37.9 Å². The number of aliphatic hydroxyl groups is 1. The lowest BCUT2D eigenvalue weighted by molar-refractivity contribution is 0.0814. The van der Waals surface area contributed by atoms with Crippen molar-refractivity contribution in [2.45, 2.75) is 70.6 Å². The third-order valence-corrected chi connectivity index (χ3v) is 5.23. The molecule has 2 unspecified atom stereocenters. The predicted molar refractivity (Wildman–Crippen MR) is 96.0 cm³/mol. The predicted octanol–water partition coefficient (Wildman–Crippen LogP) is 3.40. The summed E-state index contributed by atoms with van der Waals surface area (Å²) in [5.41, 5.74) is 0. The molecule has 0 radical (unpaired) electrons. The van der Waals surface area contributed by atoms with Crippen molar-refractivity contribution < 1.29 is 9.52 Å². The molecule has 3 rings (SSSR count). The first kappa shape index (κ1) is 18.1. The van der Waals surface area contributed by atoms with Crippen molar-refractivity contribution in [1.29, 1.82) is 0 Å². The Labute approximate surface area is 149 Å². The third-order valence-electron chi connectivity index (χ3n) is 5.23. The summed E-state index contributed by atoms with van der Waals surface area (Å²) in [6.45, 7) is 6.11. The van der Waals surface area contributed by atoms with Gasteiger partial charge in [-0.15, -0.1) is 10.2 Å². The van der Waals surface area contributed by atoms with E-state index in [0.717, 1.165) is 31.2 Å². The molecular weight excluding hydrogens is 316 g/mol. The highest BCUT2D eigenvalue weighted by Crippen LogP contribution is 2.27. The number of aromatic nitrogens is 3. The Morgan fingerprint density at radius 1 is 1.28 bits per heavy atom. The van der Waals surface area contributed by atoms with Crippen LogP contribution in [0, 0.1) is 0 Å². The molecule has 25 heavy (non-hydrogen) atoms. The van der Waals surface area contributed by atoms with E-state index < -0.39 is 6.10 Å². The number of hydrogen-bond acceptors (Lipinski definition) is 5. The summed E-state index contributed by atoms with van der Waals surface area (Å²) in [7, 11) is 2.05. The standard InChI is InChI=1S/C19H30N4O2/c1-14(2)19-21-20-18(22(19)3)13-23-10-6-4-5-8-15(23)12-16(24)17-9-7-11-25-17/h7,9,11,14-16,24H,4-6,8,10,12-13H2,1-3H3. The molecule has 2 aromatic heterocycles. The Morgan fingerprint density at radius 3 is 2.80 bits per heavy atom. The van der Waals surface area contributed by atoms with Crippen molar-refractivity contribution in [2.24, 2.45) is 7.05 Å². The van der Waals surface area contributed by atoms with E-state index in [2.05, 4.69) is 40.6 Å². The van der Waals surface area contributed by atoms with Crippen molar-refractivity contribution in [3.63, 3.8) is 0 Å². The molecule has 2 aromatic rings. The second kappa shape index (κ2) is 8.15. The first-order valence-electron chi connectivity index (χ1n) is 9.40. The Morgan fingerprint density at radius 2 is 2.12 bits per heavy atom. The average Bonchev–Trinajstić information content (AvgIpc) is 3.18. The second-order valence-corrected chi connectivity index (χ2v) is 7.43. The van der Waals surface area contributed by atoms with Gasteiger partial charge in [-0.25, -0.2) is 0 Å². The number of aliphatic hydroxyl groups excluding tert-OH is 1. The Hall–Kier alpha value is -1.66. The van der Waals surface area contributed by atoms with Crippen molar-refractivity contribution in [2.75, 3.05) is 6.54 Å². The SMILES string of the molecule is CC(C)c1nnc(CN2CCCCCC2CC(O)c2ccco2)n1C. The molecule has 1 fully saturated rings. The van der Waals surface area contributed by atoms with E-state index in [1.165, 1.54) is 19.3 Å². The van der Waals surface area contributed by atoms with Crippen LogP contribution < -0.4 is 0 Å². The smallest absolute Gasteiger partial charge is 0.146 e. The fourth-order valence-electron chi connectivity index (χ4n) is 3.76. The molecule has 0 aliphatic carbocycles. The van der Waals surface area contributed by atoms with Crippen LogP contribution in [0.5, 0.6) is 0 Å². The van der Waals surface area contributed by atoms with Gasteiger partial charge in [-0.2, -0.15) is 0 Å². The molecule has 1 aliphatic heterocycles. The summed E-state index contributed by atoms with van der Waals surface area (Å²) < 4.78 is 7.50. The van der Waals surface area contributed by atoms with Gasteiger partial charge >= 0.3 is 0 Å². The molecule has 6 nitrogen and oxygen atoms in total. The second-order valence-electron chi connectivity index (χ2n) is 7.43. The summed E-state index contributed by atoms with van der Waals surface area (Å²) >= 11 is 0. The van der Waals surface area contributed by atoms with Crippen molar-refractivity contribution in [3.05, 3.63) is 35.8 Å². The van der Waals surface area contributed by atoms with Gasteiger partial charge < -0.3 is 14.1 Å². The maximum atomic E-state index is 10.5. The summed E-state index contributed by atoms with van der Waals surface area (Å²) in [5, 5.41) is 19.3. The molecule has 1 saturated heterocycles. The van der Waals surface area contributed by atoms with Crippen LogP contribution in [0.15, 0.2) is 22.8 Å². The third kappa shape index (κ3) is 4.30. The molecule has 0 spiro atoms. The van der Waals surface area contributed by atoms with Crippen LogP contribution in [0.1, 0.15) is 75.4 Å². The van der Waals surface area contributed by atoms with Crippen molar-refractivity contribution >= 4 is 0 Å². The first-order chi connectivity index (χ1) is 12.1. The maximum Gasteiger partial charge on any atom is 0.146 e. The summed E-state index contributed by atoms with van der Waals surface area (Å²) in [5.74, 6) is 3.05. The minimum atomic E-state index is -0.550. The lowest BCUT2D eigenvalue weighted by Gasteiger charge is -2.30. The molecule has 2 atom stereocenters. The van der Waals surface area contributed by atoms with Gasteiger partial charge in [0.15, 0.2) is 0 Å². The van der Waals surface area contributed by atoms with Crippen molar-refractivity contribution in [3.8, 4) is 0 Å².